The first-order valence-corrected chi connectivity index (χ1v) is 8.79. The Hall–Kier alpha value is -2.91. The van der Waals surface area contributed by atoms with E-state index in [4.69, 9.17) is 9.47 Å². The van der Waals surface area contributed by atoms with E-state index in [1.807, 2.05) is 36.6 Å². The molecule has 25 heavy (non-hydrogen) atoms. The Labute approximate surface area is 150 Å². The maximum Gasteiger partial charge on any atom is 0.162 e. The van der Waals surface area contributed by atoms with Crippen molar-refractivity contribution in [3.63, 3.8) is 0 Å². The number of thioether (sulfide) groups is 1. The number of anilines is 2. The third-order valence-corrected chi connectivity index (χ3v) is 4.66. The second-order valence-electron chi connectivity index (χ2n) is 5.21. The van der Waals surface area contributed by atoms with Crippen LogP contribution >= 0.6 is 11.8 Å². The van der Waals surface area contributed by atoms with E-state index < -0.39 is 0 Å². The molecule has 0 unspecified atom stereocenters. The lowest BCUT2D eigenvalue weighted by Crippen LogP contribution is -1.99. The quantitative estimate of drug-likeness (QED) is 0.678. The van der Waals surface area contributed by atoms with Gasteiger partial charge < -0.3 is 14.8 Å². The maximum absolute atomic E-state index is 9.52. The topological polar surface area (TPSA) is 67.2 Å². The summed E-state index contributed by atoms with van der Waals surface area (Å²) in [5.74, 6) is 1.19. The van der Waals surface area contributed by atoms with Gasteiger partial charge in [-0.3, -0.25) is 4.98 Å². The molecule has 6 heteroatoms. The molecule has 0 aliphatic rings. The van der Waals surface area contributed by atoms with E-state index in [2.05, 4.69) is 16.4 Å². The summed E-state index contributed by atoms with van der Waals surface area (Å²) in [6.45, 7) is 0. The Balaban J connectivity index is 2.23. The first-order chi connectivity index (χ1) is 12.2. The van der Waals surface area contributed by atoms with Crippen LogP contribution in [-0.2, 0) is 0 Å². The average molecular weight is 351 g/mol. The number of nitrogens with zero attached hydrogens (tertiary/aromatic N) is 2. The van der Waals surface area contributed by atoms with Crippen molar-refractivity contribution < 1.29 is 9.47 Å². The normalized spacial score (nSPS) is 10.3. The third kappa shape index (κ3) is 3.19. The number of benzene rings is 2. The molecule has 2 aromatic carbocycles. The van der Waals surface area contributed by atoms with Gasteiger partial charge in [0, 0.05) is 22.5 Å². The molecule has 1 heterocycles. The van der Waals surface area contributed by atoms with Crippen molar-refractivity contribution in [2.45, 2.75) is 4.90 Å². The van der Waals surface area contributed by atoms with Crippen molar-refractivity contribution in [2.24, 2.45) is 0 Å². The fourth-order valence-corrected chi connectivity index (χ4v) is 3.17. The number of para-hydroxylation sites is 1. The van der Waals surface area contributed by atoms with Crippen molar-refractivity contribution in [1.29, 1.82) is 5.26 Å². The van der Waals surface area contributed by atoms with Crippen LogP contribution in [0.2, 0.25) is 0 Å². The second-order valence-corrected chi connectivity index (χ2v) is 6.06. The summed E-state index contributed by atoms with van der Waals surface area (Å²) >= 11 is 1.64. The Bertz CT molecular complexity index is 967. The van der Waals surface area contributed by atoms with Crippen LogP contribution in [0.15, 0.2) is 47.5 Å². The molecular weight excluding hydrogens is 334 g/mol. The molecule has 0 saturated heterocycles. The Kier molecular flexibility index (Phi) is 4.96. The number of pyridine rings is 1. The molecule has 0 atom stereocenters. The van der Waals surface area contributed by atoms with Crippen LogP contribution in [0.5, 0.6) is 11.5 Å². The third-order valence-electron chi connectivity index (χ3n) is 3.86. The number of hydrogen-bond acceptors (Lipinski definition) is 6. The van der Waals surface area contributed by atoms with E-state index in [1.165, 1.54) is 0 Å². The number of methoxy groups -OCH3 is 2. The minimum atomic E-state index is 0.468. The molecule has 0 aliphatic heterocycles. The van der Waals surface area contributed by atoms with Gasteiger partial charge in [-0.1, -0.05) is 12.1 Å². The Morgan fingerprint density at radius 1 is 1.12 bits per heavy atom. The first-order valence-electron chi connectivity index (χ1n) is 7.56. The number of nitriles is 1. The highest BCUT2D eigenvalue weighted by Crippen LogP contribution is 2.38. The molecule has 0 bridgehead atoms. The lowest BCUT2D eigenvalue weighted by molar-refractivity contribution is 0.356. The second kappa shape index (κ2) is 7.32. The zero-order valence-electron chi connectivity index (χ0n) is 14.2. The van der Waals surface area contributed by atoms with Crippen molar-refractivity contribution in [1.82, 2.24) is 4.98 Å². The number of rotatable bonds is 5. The summed E-state index contributed by atoms with van der Waals surface area (Å²) in [6, 6.07) is 13.8. The monoisotopic (exact) mass is 351 g/mol. The number of hydrogen-bond donors (Lipinski definition) is 1. The summed E-state index contributed by atoms with van der Waals surface area (Å²) in [6.07, 6.45) is 3.59. The summed E-state index contributed by atoms with van der Waals surface area (Å²) in [5, 5.41) is 13.7. The molecular formula is C19H17N3O2S. The lowest BCUT2D eigenvalue weighted by Gasteiger charge is -2.15. The van der Waals surface area contributed by atoms with E-state index in [0.717, 1.165) is 21.5 Å². The van der Waals surface area contributed by atoms with Gasteiger partial charge >= 0.3 is 0 Å². The molecule has 3 aromatic rings. The van der Waals surface area contributed by atoms with Crippen LogP contribution in [0.3, 0.4) is 0 Å². The minimum absolute atomic E-state index is 0.468. The maximum atomic E-state index is 9.52. The minimum Gasteiger partial charge on any atom is -0.493 e. The van der Waals surface area contributed by atoms with E-state index in [9.17, 15) is 5.26 Å². The van der Waals surface area contributed by atoms with Crippen LogP contribution in [0.4, 0.5) is 11.4 Å². The molecule has 0 aliphatic carbocycles. The fraction of sp³-hybridized carbons (Fsp3) is 0.158. The van der Waals surface area contributed by atoms with Crippen LogP contribution in [0.1, 0.15) is 5.56 Å². The lowest BCUT2D eigenvalue weighted by atomic mass is 10.1. The van der Waals surface area contributed by atoms with Crippen molar-refractivity contribution >= 4 is 34.0 Å². The summed E-state index contributed by atoms with van der Waals surface area (Å²) in [7, 11) is 3.17. The van der Waals surface area contributed by atoms with Crippen LogP contribution in [0, 0.1) is 11.3 Å². The van der Waals surface area contributed by atoms with Gasteiger partial charge in [-0.2, -0.15) is 5.26 Å². The highest BCUT2D eigenvalue weighted by atomic mass is 32.2. The number of aromatic nitrogens is 1. The van der Waals surface area contributed by atoms with Gasteiger partial charge in [-0.05, 0) is 24.5 Å². The highest BCUT2D eigenvalue weighted by molar-refractivity contribution is 7.98. The van der Waals surface area contributed by atoms with Gasteiger partial charge in [0.1, 0.15) is 6.07 Å². The van der Waals surface area contributed by atoms with Gasteiger partial charge in [0.05, 0.1) is 36.7 Å². The first kappa shape index (κ1) is 16.9. The van der Waals surface area contributed by atoms with Crippen molar-refractivity contribution in [3.8, 4) is 17.6 Å². The van der Waals surface area contributed by atoms with Gasteiger partial charge in [0.2, 0.25) is 0 Å². The largest absolute Gasteiger partial charge is 0.493 e. The smallest absolute Gasteiger partial charge is 0.162 e. The van der Waals surface area contributed by atoms with Gasteiger partial charge in [-0.25, -0.2) is 0 Å². The average Bonchev–Trinajstić information content (AvgIpc) is 2.67. The van der Waals surface area contributed by atoms with Crippen molar-refractivity contribution in [2.75, 3.05) is 25.8 Å². The van der Waals surface area contributed by atoms with Crippen LogP contribution in [0.25, 0.3) is 10.9 Å². The van der Waals surface area contributed by atoms with Crippen LogP contribution in [-0.4, -0.2) is 25.5 Å². The molecule has 0 saturated carbocycles. The van der Waals surface area contributed by atoms with E-state index in [-0.39, 0.29) is 0 Å². The highest BCUT2D eigenvalue weighted by Gasteiger charge is 2.14. The van der Waals surface area contributed by atoms with E-state index in [0.29, 0.717) is 22.7 Å². The fourth-order valence-electron chi connectivity index (χ4n) is 2.62. The van der Waals surface area contributed by atoms with Crippen molar-refractivity contribution in [3.05, 3.63) is 48.2 Å². The summed E-state index contributed by atoms with van der Waals surface area (Å²) in [4.78, 5) is 5.47. The predicted octanol–water partition coefficient (Wildman–Crippen LogP) is 4.59. The Morgan fingerprint density at radius 2 is 1.84 bits per heavy atom. The molecule has 0 spiro atoms. The molecule has 1 aromatic heterocycles. The van der Waals surface area contributed by atoms with E-state index >= 15 is 0 Å². The molecule has 0 amide bonds. The van der Waals surface area contributed by atoms with Gasteiger partial charge in [0.25, 0.3) is 0 Å². The molecule has 1 N–H and O–H groups in total. The number of nitrogens with one attached hydrogen (secondary N) is 1. The SMILES string of the molecule is COc1cc2ncc(C#N)c(Nc3ccccc3SC)c2cc1OC. The molecule has 5 nitrogen and oxygen atoms in total. The van der Waals surface area contributed by atoms with Gasteiger partial charge in [0.15, 0.2) is 11.5 Å². The number of fused-ring (bicyclic) bond motifs is 1. The summed E-state index contributed by atoms with van der Waals surface area (Å²) < 4.78 is 10.7. The van der Waals surface area contributed by atoms with E-state index in [1.54, 1.807) is 38.2 Å². The molecule has 126 valence electrons. The Morgan fingerprint density at radius 3 is 2.52 bits per heavy atom. The standard InChI is InChI=1S/C19H17N3O2S/c1-23-16-8-13-15(9-17(16)24-2)21-11-12(10-20)19(13)22-14-6-4-5-7-18(14)25-3/h4-9,11H,1-3H3,(H,21,22). The molecule has 0 radical (unpaired) electrons. The van der Waals surface area contributed by atoms with Crippen LogP contribution < -0.4 is 14.8 Å². The zero-order chi connectivity index (χ0) is 17.8. The predicted molar refractivity (Wildman–Crippen MR) is 101 cm³/mol. The number of ether oxygens (including phenoxy) is 2. The molecule has 0 fully saturated rings. The molecule has 3 rings (SSSR count). The summed E-state index contributed by atoms with van der Waals surface area (Å²) in [5.41, 5.74) is 2.83. The van der Waals surface area contributed by atoms with Gasteiger partial charge in [-0.15, -0.1) is 11.8 Å². The zero-order valence-corrected chi connectivity index (χ0v) is 15.0.